The van der Waals surface area contributed by atoms with Gasteiger partial charge in [0.15, 0.2) is 0 Å². The minimum absolute atomic E-state index is 0.433. The number of nitrogens with zero attached hydrogens (tertiary/aromatic N) is 1. The van der Waals surface area contributed by atoms with Crippen molar-refractivity contribution in [3.05, 3.63) is 28.2 Å². The van der Waals surface area contributed by atoms with Crippen LogP contribution in [0.5, 0.6) is 0 Å². The lowest BCUT2D eigenvalue weighted by atomic mass is 9.84. The fourth-order valence-electron chi connectivity index (χ4n) is 3.32. The zero-order valence-electron chi connectivity index (χ0n) is 12.8. The Morgan fingerprint density at radius 1 is 1.30 bits per heavy atom. The number of aliphatic hydroxyl groups excluding tert-OH is 1. The fraction of sp³-hybridized carbons (Fsp3) is 0.647. The summed E-state index contributed by atoms with van der Waals surface area (Å²) >= 11 is 3.50. The van der Waals surface area contributed by atoms with Gasteiger partial charge in [-0.05, 0) is 56.7 Å². The van der Waals surface area contributed by atoms with E-state index in [1.807, 2.05) is 13.0 Å². The highest BCUT2D eigenvalue weighted by molar-refractivity contribution is 9.10. The Bertz CT molecular complexity index is 439. The van der Waals surface area contributed by atoms with Gasteiger partial charge in [-0.25, -0.2) is 0 Å². The van der Waals surface area contributed by atoms with E-state index in [1.165, 1.54) is 37.8 Å². The van der Waals surface area contributed by atoms with Crippen LogP contribution in [0.4, 0.5) is 5.69 Å². The standard InChI is InChI=1S/C17H26BrNO/c1-4-13-5-8-15(9-6-13)19(3)17-10-7-14(18)11-16(17)12(2)20/h7,10-13,15,20H,4-6,8-9H2,1-3H3. The fourth-order valence-corrected chi connectivity index (χ4v) is 3.70. The average molecular weight is 340 g/mol. The highest BCUT2D eigenvalue weighted by Crippen LogP contribution is 2.35. The predicted octanol–water partition coefficient (Wildman–Crippen LogP) is 4.91. The Balaban J connectivity index is 2.15. The van der Waals surface area contributed by atoms with E-state index < -0.39 is 6.10 Å². The third kappa shape index (κ3) is 3.56. The van der Waals surface area contributed by atoms with Crippen LogP contribution in [0.3, 0.4) is 0 Å². The summed E-state index contributed by atoms with van der Waals surface area (Å²) in [5.41, 5.74) is 2.18. The zero-order chi connectivity index (χ0) is 14.7. The van der Waals surface area contributed by atoms with Crippen molar-refractivity contribution in [2.75, 3.05) is 11.9 Å². The van der Waals surface area contributed by atoms with Gasteiger partial charge in [0, 0.05) is 28.8 Å². The Morgan fingerprint density at radius 3 is 2.50 bits per heavy atom. The molecule has 1 atom stereocenters. The van der Waals surface area contributed by atoms with Crippen molar-refractivity contribution in [1.82, 2.24) is 0 Å². The van der Waals surface area contributed by atoms with Gasteiger partial charge in [-0.3, -0.25) is 0 Å². The first-order chi connectivity index (χ1) is 9.52. The SMILES string of the molecule is CCC1CCC(N(C)c2ccc(Br)cc2C(C)O)CC1. The molecule has 0 aromatic heterocycles. The molecule has 1 aliphatic carbocycles. The van der Waals surface area contributed by atoms with Crippen molar-refractivity contribution in [2.24, 2.45) is 5.92 Å². The van der Waals surface area contributed by atoms with Crippen LogP contribution in [0.15, 0.2) is 22.7 Å². The van der Waals surface area contributed by atoms with E-state index in [4.69, 9.17) is 0 Å². The van der Waals surface area contributed by atoms with Crippen molar-refractivity contribution in [2.45, 2.75) is 58.1 Å². The molecule has 0 radical (unpaired) electrons. The molecule has 0 aliphatic heterocycles. The van der Waals surface area contributed by atoms with Crippen molar-refractivity contribution in [1.29, 1.82) is 0 Å². The molecular formula is C17H26BrNO. The Kier molecular flexibility index (Phi) is 5.50. The highest BCUT2D eigenvalue weighted by atomic mass is 79.9. The van der Waals surface area contributed by atoms with Crippen LogP contribution in [0, 0.1) is 5.92 Å². The molecule has 1 aromatic rings. The summed E-state index contributed by atoms with van der Waals surface area (Å²) in [5, 5.41) is 10.0. The molecule has 1 aromatic carbocycles. The van der Waals surface area contributed by atoms with E-state index in [1.54, 1.807) is 0 Å². The summed E-state index contributed by atoms with van der Waals surface area (Å²) in [4.78, 5) is 2.38. The molecule has 0 heterocycles. The molecule has 20 heavy (non-hydrogen) atoms. The first-order valence-corrected chi connectivity index (χ1v) is 8.52. The van der Waals surface area contributed by atoms with E-state index >= 15 is 0 Å². The predicted molar refractivity (Wildman–Crippen MR) is 89.2 cm³/mol. The van der Waals surface area contributed by atoms with Gasteiger partial charge in [0.25, 0.3) is 0 Å². The van der Waals surface area contributed by atoms with Crippen LogP contribution in [-0.2, 0) is 0 Å². The summed E-state index contributed by atoms with van der Waals surface area (Å²) in [7, 11) is 2.17. The smallest absolute Gasteiger partial charge is 0.0782 e. The van der Waals surface area contributed by atoms with Gasteiger partial charge in [-0.15, -0.1) is 0 Å². The second-order valence-electron chi connectivity index (χ2n) is 6.07. The molecule has 3 heteroatoms. The molecule has 2 nitrogen and oxygen atoms in total. The third-order valence-corrected chi connectivity index (χ3v) is 5.25. The lowest BCUT2D eigenvalue weighted by Gasteiger charge is -2.37. The topological polar surface area (TPSA) is 23.5 Å². The van der Waals surface area contributed by atoms with E-state index in [0.717, 1.165) is 16.0 Å². The van der Waals surface area contributed by atoms with Gasteiger partial charge < -0.3 is 10.0 Å². The number of hydrogen-bond donors (Lipinski definition) is 1. The summed E-state index contributed by atoms with van der Waals surface area (Å²) in [6.07, 6.45) is 6.09. The summed E-state index contributed by atoms with van der Waals surface area (Å²) in [6.45, 7) is 4.14. The second-order valence-corrected chi connectivity index (χ2v) is 6.99. The monoisotopic (exact) mass is 339 g/mol. The molecule has 0 amide bonds. The minimum atomic E-state index is -0.433. The number of aliphatic hydroxyl groups is 1. The van der Waals surface area contributed by atoms with Crippen LogP contribution in [0.2, 0.25) is 0 Å². The van der Waals surface area contributed by atoms with Crippen LogP contribution in [-0.4, -0.2) is 18.2 Å². The molecule has 0 bridgehead atoms. The minimum Gasteiger partial charge on any atom is -0.389 e. The van der Waals surface area contributed by atoms with E-state index in [9.17, 15) is 5.11 Å². The lowest BCUT2D eigenvalue weighted by molar-refractivity contribution is 0.199. The van der Waals surface area contributed by atoms with Crippen molar-refractivity contribution in [3.8, 4) is 0 Å². The van der Waals surface area contributed by atoms with Crippen LogP contribution in [0.25, 0.3) is 0 Å². The molecule has 1 fully saturated rings. The molecule has 2 rings (SSSR count). The number of benzene rings is 1. The molecule has 112 valence electrons. The maximum absolute atomic E-state index is 10.0. The normalized spacial score (nSPS) is 24.4. The van der Waals surface area contributed by atoms with E-state index in [0.29, 0.717) is 6.04 Å². The Hall–Kier alpha value is -0.540. The van der Waals surface area contributed by atoms with Crippen molar-refractivity contribution in [3.63, 3.8) is 0 Å². The van der Waals surface area contributed by atoms with Crippen LogP contribution < -0.4 is 4.90 Å². The molecule has 0 spiro atoms. The highest BCUT2D eigenvalue weighted by Gasteiger charge is 2.25. The quantitative estimate of drug-likeness (QED) is 0.842. The summed E-state index contributed by atoms with van der Waals surface area (Å²) < 4.78 is 1.03. The molecule has 1 saturated carbocycles. The molecule has 1 aliphatic rings. The van der Waals surface area contributed by atoms with Crippen LogP contribution >= 0.6 is 15.9 Å². The van der Waals surface area contributed by atoms with E-state index in [-0.39, 0.29) is 0 Å². The number of rotatable bonds is 4. The lowest BCUT2D eigenvalue weighted by Crippen LogP contribution is -2.35. The average Bonchev–Trinajstić information content (AvgIpc) is 2.46. The maximum Gasteiger partial charge on any atom is 0.0782 e. The summed E-state index contributed by atoms with van der Waals surface area (Å²) in [6, 6.07) is 6.83. The molecule has 1 N–H and O–H groups in total. The summed E-state index contributed by atoms with van der Waals surface area (Å²) in [5.74, 6) is 0.917. The van der Waals surface area contributed by atoms with Gasteiger partial charge >= 0.3 is 0 Å². The number of anilines is 1. The third-order valence-electron chi connectivity index (χ3n) is 4.76. The second kappa shape index (κ2) is 6.95. The van der Waals surface area contributed by atoms with Gasteiger partial charge in [0.1, 0.15) is 0 Å². The van der Waals surface area contributed by atoms with Crippen molar-refractivity contribution >= 4 is 21.6 Å². The van der Waals surface area contributed by atoms with E-state index in [2.05, 4.69) is 46.9 Å². The van der Waals surface area contributed by atoms with Gasteiger partial charge in [0.05, 0.1) is 6.10 Å². The maximum atomic E-state index is 10.0. The largest absolute Gasteiger partial charge is 0.389 e. The number of halogens is 1. The van der Waals surface area contributed by atoms with Gasteiger partial charge in [-0.1, -0.05) is 29.3 Å². The first kappa shape index (κ1) is 15.8. The Labute approximate surface area is 131 Å². The first-order valence-electron chi connectivity index (χ1n) is 7.73. The number of hydrogen-bond acceptors (Lipinski definition) is 2. The molecular weight excluding hydrogens is 314 g/mol. The molecule has 0 saturated heterocycles. The van der Waals surface area contributed by atoms with Gasteiger partial charge in [0.2, 0.25) is 0 Å². The van der Waals surface area contributed by atoms with Gasteiger partial charge in [-0.2, -0.15) is 0 Å². The zero-order valence-corrected chi connectivity index (χ0v) is 14.4. The Morgan fingerprint density at radius 2 is 1.95 bits per heavy atom. The van der Waals surface area contributed by atoms with Crippen LogP contribution in [0.1, 0.15) is 57.6 Å². The van der Waals surface area contributed by atoms with Crippen molar-refractivity contribution < 1.29 is 5.11 Å². The molecule has 1 unspecified atom stereocenters.